The van der Waals surface area contributed by atoms with Crippen LogP contribution in [0.5, 0.6) is 5.75 Å². The number of aryl methyl sites for hydroxylation is 1. The lowest BCUT2D eigenvalue weighted by molar-refractivity contribution is 0.0474. The largest absolute Gasteiger partial charge is 0.495 e. The van der Waals surface area contributed by atoms with Gasteiger partial charge in [-0.2, -0.15) is 0 Å². The van der Waals surface area contributed by atoms with Crippen molar-refractivity contribution in [2.45, 2.75) is 18.2 Å². The molecule has 0 amide bonds. The first kappa shape index (κ1) is 20.6. The van der Waals surface area contributed by atoms with Gasteiger partial charge in [0.05, 0.1) is 12.7 Å². The minimum absolute atomic E-state index is 0.00115. The molecule has 0 heterocycles. The Balaban J connectivity index is 2.13. The summed E-state index contributed by atoms with van der Waals surface area (Å²) in [5, 5.41) is 0. The van der Waals surface area contributed by atoms with Crippen molar-refractivity contribution < 1.29 is 27.5 Å². The fourth-order valence-corrected chi connectivity index (χ4v) is 3.27. The highest BCUT2D eigenvalue weighted by molar-refractivity contribution is 7.89. The molecule has 144 valence electrons. The van der Waals surface area contributed by atoms with E-state index in [1.807, 2.05) is 19.1 Å². The molecule has 0 saturated carbocycles. The molecule has 7 nitrogen and oxygen atoms in total. The van der Waals surface area contributed by atoms with Gasteiger partial charge in [0.2, 0.25) is 10.0 Å². The van der Waals surface area contributed by atoms with Crippen LogP contribution in [0, 0.1) is 0 Å². The standard InChI is InChI=1S/C19H21NO6S/c1-4-13-5-7-14(8-6-13)16(21)12-26-19(22)15-9-10-17(25-3)18(11-15)27(23,24)20-2/h5-11,20H,4,12H2,1-3H3. The van der Waals surface area contributed by atoms with Crippen LogP contribution in [0.3, 0.4) is 0 Å². The zero-order valence-corrected chi connectivity index (χ0v) is 16.1. The number of benzene rings is 2. The molecule has 0 aromatic heterocycles. The fraction of sp³-hybridized carbons (Fsp3) is 0.263. The molecule has 1 N–H and O–H groups in total. The maximum Gasteiger partial charge on any atom is 0.338 e. The average molecular weight is 391 g/mol. The Hall–Kier alpha value is -2.71. The Morgan fingerprint density at radius 3 is 2.22 bits per heavy atom. The van der Waals surface area contributed by atoms with Gasteiger partial charge in [0.25, 0.3) is 0 Å². The predicted octanol–water partition coefficient (Wildman–Crippen LogP) is 2.21. The number of hydrogen-bond donors (Lipinski definition) is 1. The molecule has 0 radical (unpaired) electrons. The highest BCUT2D eigenvalue weighted by Crippen LogP contribution is 2.25. The molecular formula is C19H21NO6S. The van der Waals surface area contributed by atoms with Gasteiger partial charge >= 0.3 is 5.97 Å². The highest BCUT2D eigenvalue weighted by atomic mass is 32.2. The first-order valence-corrected chi connectivity index (χ1v) is 9.71. The number of methoxy groups -OCH3 is 1. The van der Waals surface area contributed by atoms with E-state index >= 15 is 0 Å². The van der Waals surface area contributed by atoms with E-state index in [9.17, 15) is 18.0 Å². The number of ether oxygens (including phenoxy) is 2. The maximum absolute atomic E-state index is 12.2. The summed E-state index contributed by atoms with van der Waals surface area (Å²) in [4.78, 5) is 24.2. The SMILES string of the molecule is CCc1ccc(C(=O)COC(=O)c2ccc(OC)c(S(=O)(=O)NC)c2)cc1. The first-order chi connectivity index (χ1) is 12.8. The number of carbonyl (C=O) groups excluding carboxylic acids is 2. The summed E-state index contributed by atoms with van der Waals surface area (Å²) in [5.74, 6) is -1.06. The number of hydrogen-bond acceptors (Lipinski definition) is 6. The van der Waals surface area contributed by atoms with Crippen LogP contribution in [-0.2, 0) is 21.2 Å². The molecule has 0 aliphatic carbocycles. The third-order valence-electron chi connectivity index (χ3n) is 3.98. The molecule has 0 saturated heterocycles. The second kappa shape index (κ2) is 8.79. The van der Waals surface area contributed by atoms with Crippen molar-refractivity contribution in [3.63, 3.8) is 0 Å². The Labute approximate surface area is 158 Å². The van der Waals surface area contributed by atoms with E-state index in [0.717, 1.165) is 18.1 Å². The van der Waals surface area contributed by atoms with E-state index in [2.05, 4.69) is 4.72 Å². The van der Waals surface area contributed by atoms with Crippen molar-refractivity contribution in [3.8, 4) is 5.75 Å². The summed E-state index contributed by atoms with van der Waals surface area (Å²) in [6, 6.07) is 10.9. The molecular weight excluding hydrogens is 370 g/mol. The molecule has 0 bridgehead atoms. The lowest BCUT2D eigenvalue weighted by Crippen LogP contribution is -2.20. The van der Waals surface area contributed by atoms with Gasteiger partial charge in [-0.15, -0.1) is 0 Å². The second-order valence-electron chi connectivity index (χ2n) is 5.62. The number of sulfonamides is 1. The topological polar surface area (TPSA) is 98.8 Å². The van der Waals surface area contributed by atoms with Gasteiger partial charge in [-0.3, -0.25) is 4.79 Å². The average Bonchev–Trinajstić information content (AvgIpc) is 2.71. The van der Waals surface area contributed by atoms with Gasteiger partial charge in [0.1, 0.15) is 10.6 Å². The van der Waals surface area contributed by atoms with E-state index in [1.165, 1.54) is 26.3 Å². The van der Waals surface area contributed by atoms with Gasteiger partial charge in [-0.1, -0.05) is 31.2 Å². The number of rotatable bonds is 8. The number of Topliss-reactive ketones (excluding diaryl/α,β-unsaturated/α-hetero) is 1. The second-order valence-corrected chi connectivity index (χ2v) is 7.48. The van der Waals surface area contributed by atoms with Crippen LogP contribution >= 0.6 is 0 Å². The molecule has 8 heteroatoms. The summed E-state index contributed by atoms with van der Waals surface area (Å²) in [6.07, 6.45) is 0.860. The third-order valence-corrected chi connectivity index (χ3v) is 5.41. The Kier molecular flexibility index (Phi) is 6.70. The quantitative estimate of drug-likeness (QED) is 0.547. The van der Waals surface area contributed by atoms with E-state index < -0.39 is 22.6 Å². The first-order valence-electron chi connectivity index (χ1n) is 8.23. The van der Waals surface area contributed by atoms with Crippen molar-refractivity contribution in [1.29, 1.82) is 0 Å². The van der Waals surface area contributed by atoms with Crippen molar-refractivity contribution in [1.82, 2.24) is 4.72 Å². The van der Waals surface area contributed by atoms with Gasteiger partial charge in [-0.05, 0) is 37.2 Å². The van der Waals surface area contributed by atoms with Crippen LogP contribution in [0.1, 0.15) is 33.2 Å². The molecule has 2 rings (SSSR count). The third kappa shape index (κ3) is 4.93. The summed E-state index contributed by atoms with van der Waals surface area (Å²) >= 11 is 0. The minimum atomic E-state index is -3.83. The molecule has 0 atom stereocenters. The van der Waals surface area contributed by atoms with Crippen LogP contribution in [0.4, 0.5) is 0 Å². The molecule has 2 aromatic carbocycles. The van der Waals surface area contributed by atoms with Gasteiger partial charge in [0.15, 0.2) is 12.4 Å². The van der Waals surface area contributed by atoms with Crippen LogP contribution in [0.2, 0.25) is 0 Å². The Bertz CT molecular complexity index is 935. The smallest absolute Gasteiger partial charge is 0.338 e. The molecule has 0 spiro atoms. The minimum Gasteiger partial charge on any atom is -0.495 e. The van der Waals surface area contributed by atoms with Crippen molar-refractivity contribution in [2.24, 2.45) is 0 Å². The summed E-state index contributed by atoms with van der Waals surface area (Å²) in [6.45, 7) is 1.57. The molecule has 0 aliphatic heterocycles. The summed E-state index contributed by atoms with van der Waals surface area (Å²) in [7, 11) is -1.25. The van der Waals surface area contributed by atoms with Crippen molar-refractivity contribution in [3.05, 3.63) is 59.2 Å². The lowest BCUT2D eigenvalue weighted by Gasteiger charge is -2.11. The lowest BCUT2D eigenvalue weighted by atomic mass is 10.1. The monoisotopic (exact) mass is 391 g/mol. The zero-order chi connectivity index (χ0) is 20.0. The van der Waals surface area contributed by atoms with Crippen LogP contribution in [-0.4, -0.2) is 40.9 Å². The van der Waals surface area contributed by atoms with Crippen molar-refractivity contribution in [2.75, 3.05) is 20.8 Å². The molecule has 0 fully saturated rings. The van der Waals surface area contributed by atoms with Crippen LogP contribution in [0.25, 0.3) is 0 Å². The zero-order valence-electron chi connectivity index (χ0n) is 15.3. The van der Waals surface area contributed by atoms with E-state index in [1.54, 1.807) is 12.1 Å². The van der Waals surface area contributed by atoms with E-state index in [-0.39, 0.29) is 22.0 Å². The van der Waals surface area contributed by atoms with Crippen LogP contribution in [0.15, 0.2) is 47.4 Å². The van der Waals surface area contributed by atoms with Gasteiger partial charge in [0, 0.05) is 5.56 Å². The summed E-state index contributed by atoms with van der Waals surface area (Å²) < 4.78 is 36.3. The summed E-state index contributed by atoms with van der Waals surface area (Å²) in [5.41, 5.74) is 1.53. The van der Waals surface area contributed by atoms with Crippen LogP contribution < -0.4 is 9.46 Å². The van der Waals surface area contributed by atoms with Gasteiger partial charge < -0.3 is 9.47 Å². The number of esters is 1. The van der Waals surface area contributed by atoms with Crippen molar-refractivity contribution >= 4 is 21.8 Å². The molecule has 27 heavy (non-hydrogen) atoms. The molecule has 0 unspecified atom stereocenters. The predicted molar refractivity (Wildman–Crippen MR) is 99.7 cm³/mol. The Morgan fingerprint density at radius 1 is 1.04 bits per heavy atom. The molecule has 2 aromatic rings. The van der Waals surface area contributed by atoms with E-state index in [4.69, 9.17) is 9.47 Å². The van der Waals surface area contributed by atoms with E-state index in [0.29, 0.717) is 5.56 Å². The Morgan fingerprint density at radius 2 is 1.67 bits per heavy atom. The number of nitrogens with one attached hydrogen (secondary N) is 1. The van der Waals surface area contributed by atoms with Gasteiger partial charge in [-0.25, -0.2) is 17.9 Å². The normalized spacial score (nSPS) is 11.1. The fourth-order valence-electron chi connectivity index (χ4n) is 2.35. The number of carbonyl (C=O) groups is 2. The highest BCUT2D eigenvalue weighted by Gasteiger charge is 2.21. The molecule has 0 aliphatic rings. The maximum atomic E-state index is 12.2. The number of ketones is 1.